The van der Waals surface area contributed by atoms with E-state index < -0.39 is 5.69 Å². The van der Waals surface area contributed by atoms with Crippen LogP contribution in [0.15, 0.2) is 9.59 Å². The molecular formula is C12H21N5O2. The number of hydrogen-bond acceptors (Lipinski definition) is 5. The van der Waals surface area contributed by atoms with Crippen molar-refractivity contribution in [1.29, 1.82) is 0 Å². The Morgan fingerprint density at radius 2 is 1.89 bits per heavy atom. The highest BCUT2D eigenvalue weighted by Crippen LogP contribution is 2.12. The van der Waals surface area contributed by atoms with Crippen molar-refractivity contribution < 1.29 is 0 Å². The molecule has 1 aliphatic heterocycles. The SMILES string of the molecule is CCN1CCC(Nc2nn(C)c(=O)n(C)c2=O)CC1. The maximum absolute atomic E-state index is 12.0. The molecule has 0 aliphatic carbocycles. The molecule has 7 heteroatoms. The fourth-order valence-electron chi connectivity index (χ4n) is 2.38. The molecule has 0 saturated carbocycles. The molecule has 7 nitrogen and oxygen atoms in total. The predicted octanol–water partition coefficient (Wildman–Crippen LogP) is -0.625. The zero-order valence-corrected chi connectivity index (χ0v) is 11.7. The van der Waals surface area contributed by atoms with Crippen molar-refractivity contribution in [2.75, 3.05) is 25.0 Å². The minimum Gasteiger partial charge on any atom is -0.361 e. The first-order chi connectivity index (χ1) is 9.02. The molecule has 19 heavy (non-hydrogen) atoms. The summed E-state index contributed by atoms with van der Waals surface area (Å²) < 4.78 is 2.27. The first-order valence-corrected chi connectivity index (χ1v) is 6.66. The molecule has 0 unspecified atom stereocenters. The third-order valence-electron chi connectivity index (χ3n) is 3.70. The number of piperidine rings is 1. The van der Waals surface area contributed by atoms with E-state index in [0.717, 1.165) is 37.0 Å². The summed E-state index contributed by atoms with van der Waals surface area (Å²) in [5.41, 5.74) is -0.766. The number of aryl methyl sites for hydroxylation is 1. The summed E-state index contributed by atoms with van der Waals surface area (Å²) in [7, 11) is 3.02. The van der Waals surface area contributed by atoms with E-state index in [0.29, 0.717) is 0 Å². The summed E-state index contributed by atoms with van der Waals surface area (Å²) in [6, 6.07) is 0.250. The largest absolute Gasteiger partial charge is 0.361 e. The van der Waals surface area contributed by atoms with E-state index in [1.54, 1.807) is 7.05 Å². The maximum atomic E-state index is 12.0. The molecule has 0 spiro atoms. The van der Waals surface area contributed by atoms with E-state index >= 15 is 0 Å². The molecule has 1 aromatic heterocycles. The zero-order chi connectivity index (χ0) is 14.0. The fraction of sp³-hybridized carbons (Fsp3) is 0.750. The van der Waals surface area contributed by atoms with Crippen molar-refractivity contribution in [2.24, 2.45) is 14.1 Å². The molecule has 0 radical (unpaired) electrons. The van der Waals surface area contributed by atoms with Gasteiger partial charge < -0.3 is 10.2 Å². The van der Waals surface area contributed by atoms with Crippen molar-refractivity contribution in [1.82, 2.24) is 19.2 Å². The highest BCUT2D eigenvalue weighted by molar-refractivity contribution is 5.31. The third kappa shape index (κ3) is 2.86. The van der Waals surface area contributed by atoms with Gasteiger partial charge in [0.15, 0.2) is 0 Å². The third-order valence-corrected chi connectivity index (χ3v) is 3.70. The first-order valence-electron chi connectivity index (χ1n) is 6.66. The first kappa shape index (κ1) is 13.8. The molecule has 0 atom stereocenters. The van der Waals surface area contributed by atoms with E-state index in [9.17, 15) is 9.59 Å². The number of aromatic nitrogens is 3. The molecule has 1 fully saturated rings. The van der Waals surface area contributed by atoms with Crippen molar-refractivity contribution in [2.45, 2.75) is 25.8 Å². The number of nitrogens with zero attached hydrogens (tertiary/aromatic N) is 4. The molecule has 0 aromatic carbocycles. The lowest BCUT2D eigenvalue weighted by atomic mass is 10.1. The number of nitrogens with one attached hydrogen (secondary N) is 1. The minimum atomic E-state index is -0.406. The standard InChI is InChI=1S/C12H21N5O2/c1-4-17-7-5-9(6-8-17)13-10-11(18)15(2)12(19)16(3)14-10/h9H,4-8H2,1-3H3,(H,13,14). The van der Waals surface area contributed by atoms with E-state index in [2.05, 4.69) is 22.2 Å². The molecule has 2 rings (SSSR count). The molecule has 0 bridgehead atoms. The van der Waals surface area contributed by atoms with Gasteiger partial charge >= 0.3 is 5.69 Å². The van der Waals surface area contributed by atoms with Gasteiger partial charge in [-0.25, -0.2) is 9.48 Å². The van der Waals surface area contributed by atoms with E-state index in [1.807, 2.05) is 0 Å². The normalized spacial score (nSPS) is 17.6. The molecule has 1 aliphatic rings. The van der Waals surface area contributed by atoms with Crippen LogP contribution in [-0.2, 0) is 14.1 Å². The average Bonchev–Trinajstić information content (AvgIpc) is 2.43. The van der Waals surface area contributed by atoms with Crippen LogP contribution in [0.1, 0.15) is 19.8 Å². The second-order valence-corrected chi connectivity index (χ2v) is 4.97. The fourth-order valence-corrected chi connectivity index (χ4v) is 2.38. The Kier molecular flexibility index (Phi) is 4.04. The van der Waals surface area contributed by atoms with Gasteiger partial charge in [0.2, 0.25) is 5.82 Å². The smallest absolute Gasteiger partial charge is 0.346 e. The van der Waals surface area contributed by atoms with E-state index in [1.165, 1.54) is 11.7 Å². The van der Waals surface area contributed by atoms with Crippen LogP contribution in [0, 0.1) is 0 Å². The lowest BCUT2D eigenvalue weighted by molar-refractivity contribution is 0.229. The Balaban J connectivity index is 2.13. The highest BCUT2D eigenvalue weighted by Gasteiger charge is 2.20. The average molecular weight is 267 g/mol. The van der Waals surface area contributed by atoms with Crippen LogP contribution >= 0.6 is 0 Å². The molecular weight excluding hydrogens is 246 g/mol. The van der Waals surface area contributed by atoms with Gasteiger partial charge in [0.05, 0.1) is 0 Å². The molecule has 1 saturated heterocycles. The van der Waals surface area contributed by atoms with Gasteiger partial charge in [-0.3, -0.25) is 9.36 Å². The minimum absolute atomic E-state index is 0.250. The van der Waals surface area contributed by atoms with Gasteiger partial charge in [0.1, 0.15) is 0 Å². The Hall–Kier alpha value is -1.63. The molecule has 106 valence electrons. The molecule has 2 heterocycles. The summed E-state index contributed by atoms with van der Waals surface area (Å²) in [4.78, 5) is 25.9. The Morgan fingerprint density at radius 1 is 1.26 bits per heavy atom. The van der Waals surface area contributed by atoms with Gasteiger partial charge in [0, 0.05) is 33.2 Å². The number of likely N-dealkylation sites (tertiary alicyclic amines) is 1. The summed E-state index contributed by atoms with van der Waals surface area (Å²) in [6.45, 7) is 5.27. The predicted molar refractivity (Wildman–Crippen MR) is 73.5 cm³/mol. The monoisotopic (exact) mass is 267 g/mol. The summed E-state index contributed by atoms with van der Waals surface area (Å²) >= 11 is 0. The molecule has 1 N–H and O–H groups in total. The highest BCUT2D eigenvalue weighted by atomic mass is 16.2. The summed E-state index contributed by atoms with van der Waals surface area (Å²) in [6.07, 6.45) is 1.98. The Bertz CT molecular complexity index is 554. The van der Waals surface area contributed by atoms with Gasteiger partial charge in [-0.05, 0) is 19.4 Å². The second-order valence-electron chi connectivity index (χ2n) is 4.97. The van der Waals surface area contributed by atoms with Crippen LogP contribution in [0.3, 0.4) is 0 Å². The summed E-state index contributed by atoms with van der Waals surface area (Å²) in [5, 5.41) is 7.18. The number of hydrogen-bond donors (Lipinski definition) is 1. The summed E-state index contributed by atoms with van der Waals surface area (Å²) in [5.74, 6) is 0.263. The van der Waals surface area contributed by atoms with Crippen molar-refractivity contribution in [3.8, 4) is 0 Å². The van der Waals surface area contributed by atoms with Crippen molar-refractivity contribution >= 4 is 5.82 Å². The second kappa shape index (κ2) is 5.56. The van der Waals surface area contributed by atoms with Crippen LogP contribution in [0.5, 0.6) is 0 Å². The van der Waals surface area contributed by atoms with Gasteiger partial charge in [0.25, 0.3) is 5.56 Å². The van der Waals surface area contributed by atoms with Crippen LogP contribution in [-0.4, -0.2) is 44.9 Å². The van der Waals surface area contributed by atoms with Crippen molar-refractivity contribution in [3.05, 3.63) is 20.8 Å². The van der Waals surface area contributed by atoms with E-state index in [4.69, 9.17) is 0 Å². The van der Waals surface area contributed by atoms with Crippen LogP contribution in [0.25, 0.3) is 0 Å². The molecule has 0 amide bonds. The van der Waals surface area contributed by atoms with Gasteiger partial charge in [-0.1, -0.05) is 6.92 Å². The Labute approximate surface area is 111 Å². The lowest BCUT2D eigenvalue weighted by Crippen LogP contribution is -2.43. The maximum Gasteiger partial charge on any atom is 0.346 e. The van der Waals surface area contributed by atoms with Gasteiger partial charge in [-0.2, -0.15) is 0 Å². The van der Waals surface area contributed by atoms with Crippen LogP contribution in [0.2, 0.25) is 0 Å². The number of rotatable bonds is 3. The van der Waals surface area contributed by atoms with E-state index in [-0.39, 0.29) is 17.4 Å². The van der Waals surface area contributed by atoms with Crippen molar-refractivity contribution in [3.63, 3.8) is 0 Å². The van der Waals surface area contributed by atoms with Gasteiger partial charge in [-0.15, -0.1) is 5.10 Å². The molecule has 1 aromatic rings. The number of anilines is 1. The van der Waals surface area contributed by atoms with Crippen LogP contribution in [0.4, 0.5) is 5.82 Å². The quantitative estimate of drug-likeness (QED) is 0.790. The zero-order valence-electron chi connectivity index (χ0n) is 11.7. The lowest BCUT2D eigenvalue weighted by Gasteiger charge is -2.31. The van der Waals surface area contributed by atoms with Crippen LogP contribution < -0.4 is 16.6 Å². The topological polar surface area (TPSA) is 72.2 Å². The Morgan fingerprint density at radius 3 is 2.47 bits per heavy atom.